The SMILES string of the molecule is CCC[CH2][Sn]([CH2]CCC)([CH2]CCC)[O]C(=O)C[N+](C)(C)c1cc[c]([Hg][c]2ccc(N(C)C)cc2)cc1. The van der Waals surface area contributed by atoms with Crippen LogP contribution in [0.2, 0.25) is 13.3 Å². The predicted molar refractivity (Wildman–Crippen MR) is 156 cm³/mol. The molecule has 4 nitrogen and oxygen atoms in total. The second kappa shape index (κ2) is 15.7. The van der Waals surface area contributed by atoms with Crippen LogP contribution in [0.15, 0.2) is 48.5 Å². The molecule has 0 spiro atoms. The first kappa shape index (κ1) is 31.6. The number of hydrogen-bond donors (Lipinski definition) is 0. The number of hydrogen-bond acceptors (Lipinski definition) is 3. The van der Waals surface area contributed by atoms with Gasteiger partial charge in [-0.25, -0.2) is 0 Å². The van der Waals surface area contributed by atoms with Gasteiger partial charge >= 0.3 is 240 Å². The number of quaternary nitrogens is 1. The molecule has 0 heterocycles. The average molecular weight is 789 g/mol. The van der Waals surface area contributed by atoms with Gasteiger partial charge in [0.2, 0.25) is 0 Å². The summed E-state index contributed by atoms with van der Waals surface area (Å²) in [5.74, 6) is 0.0316. The summed E-state index contributed by atoms with van der Waals surface area (Å²) in [6.07, 6.45) is 7.19. The topological polar surface area (TPSA) is 29.5 Å². The number of unbranched alkanes of at least 4 members (excludes halogenated alkanes) is 3. The molecular formula is C30H49HgN2O2Sn+. The van der Waals surface area contributed by atoms with Crippen LogP contribution in [-0.2, 0) is 32.4 Å². The summed E-state index contributed by atoms with van der Waals surface area (Å²) in [4.78, 5) is 15.5. The molecule has 0 aromatic heterocycles. The molecule has 0 amide bonds. The zero-order chi connectivity index (χ0) is 26.6. The maximum atomic E-state index is 13.3. The Kier molecular flexibility index (Phi) is 13.8. The molecular weight excluding hydrogens is 740 g/mol. The van der Waals surface area contributed by atoms with Crippen LogP contribution in [0.4, 0.5) is 11.4 Å². The standard InChI is InChI=1S/C10H12NO2.C8H10N.3C4H9.Hg.Sn/c1-11(2,8-10(12)13)9-6-4-3-5-7-9;1-9(2)8-6-4-3-5-7-8;3*1-3-4-2;;/h4-7H,8H2,1-2H3;4-7H,1-2H3;3*1,3-4H2,2H3;;/q;;;;;;+1. The molecule has 196 valence electrons. The van der Waals surface area contributed by atoms with Gasteiger partial charge in [-0.1, -0.05) is 0 Å². The molecule has 2 aromatic rings. The van der Waals surface area contributed by atoms with Crippen molar-refractivity contribution in [3.8, 4) is 0 Å². The second-order valence-electron chi connectivity index (χ2n) is 11.2. The summed E-state index contributed by atoms with van der Waals surface area (Å²) < 4.78 is 13.8. The van der Waals surface area contributed by atoms with Crippen molar-refractivity contribution in [1.29, 1.82) is 0 Å². The molecule has 0 aliphatic heterocycles. The molecule has 0 aliphatic carbocycles. The Hall–Kier alpha value is -0.596. The van der Waals surface area contributed by atoms with Crippen molar-refractivity contribution in [2.75, 3.05) is 39.6 Å². The van der Waals surface area contributed by atoms with E-state index in [1.54, 1.807) is 0 Å². The molecule has 0 radical (unpaired) electrons. The predicted octanol–water partition coefficient (Wildman–Crippen LogP) is 6.24. The molecule has 6 heteroatoms. The molecule has 2 aromatic carbocycles. The molecule has 0 unspecified atom stereocenters. The third kappa shape index (κ3) is 10.3. The van der Waals surface area contributed by atoms with Crippen LogP contribution < -0.4 is 15.5 Å². The van der Waals surface area contributed by atoms with Gasteiger partial charge in [-0.3, -0.25) is 0 Å². The van der Waals surface area contributed by atoms with Crippen molar-refractivity contribution in [2.24, 2.45) is 0 Å². The minimum atomic E-state index is -2.93. The van der Waals surface area contributed by atoms with Crippen LogP contribution in [0.3, 0.4) is 0 Å². The zero-order valence-corrected chi connectivity index (χ0v) is 32.5. The molecule has 2 rings (SSSR count). The molecule has 0 aliphatic rings. The minimum absolute atomic E-state index is 0.0316. The van der Waals surface area contributed by atoms with Gasteiger partial charge in [-0.15, -0.1) is 0 Å². The van der Waals surface area contributed by atoms with Gasteiger partial charge in [0.25, 0.3) is 0 Å². The quantitative estimate of drug-likeness (QED) is 0.149. The first-order chi connectivity index (χ1) is 17.1. The van der Waals surface area contributed by atoms with Crippen molar-refractivity contribution < 1.29 is 32.4 Å². The number of likely N-dealkylation sites (N-methyl/N-ethyl adjacent to an activating group) is 1. The molecule has 0 saturated heterocycles. The first-order valence-corrected chi connectivity index (χ1v) is 26.8. The second-order valence-corrected chi connectivity index (χ2v) is 30.6. The van der Waals surface area contributed by atoms with Gasteiger partial charge in [0.15, 0.2) is 0 Å². The van der Waals surface area contributed by atoms with Crippen LogP contribution in [0.25, 0.3) is 0 Å². The van der Waals surface area contributed by atoms with E-state index in [4.69, 9.17) is 3.07 Å². The molecule has 0 bridgehead atoms. The Labute approximate surface area is 238 Å². The fourth-order valence-electron chi connectivity index (χ4n) is 4.88. The van der Waals surface area contributed by atoms with E-state index >= 15 is 0 Å². The molecule has 0 saturated carbocycles. The van der Waals surface area contributed by atoms with E-state index in [2.05, 4.69) is 102 Å². The summed E-state index contributed by atoms with van der Waals surface area (Å²) in [5, 5.41) is 0. The van der Waals surface area contributed by atoms with Crippen LogP contribution in [0, 0.1) is 0 Å². The van der Waals surface area contributed by atoms with Crippen LogP contribution in [0.5, 0.6) is 0 Å². The van der Waals surface area contributed by atoms with Gasteiger partial charge in [-0.2, -0.15) is 0 Å². The molecule has 0 N–H and O–H groups in total. The van der Waals surface area contributed by atoms with E-state index < -0.39 is 43.4 Å². The van der Waals surface area contributed by atoms with Crippen LogP contribution in [0.1, 0.15) is 59.3 Å². The number of carbonyl (C=O) groups is 1. The number of rotatable bonds is 16. The number of benzene rings is 2. The molecule has 36 heavy (non-hydrogen) atoms. The zero-order valence-electron chi connectivity index (χ0n) is 24.1. The number of nitrogens with zero attached hydrogens (tertiary/aromatic N) is 2. The summed E-state index contributed by atoms with van der Waals surface area (Å²) in [7, 11) is 8.45. The fraction of sp³-hybridized carbons (Fsp3) is 0.567. The average Bonchev–Trinajstić information content (AvgIpc) is 2.85. The summed E-state index contributed by atoms with van der Waals surface area (Å²) >= 11 is -4.30. The summed E-state index contributed by atoms with van der Waals surface area (Å²) in [5.41, 5.74) is 2.43. The molecule has 0 fully saturated rings. The number of carbonyl (C=O) groups excluding carboxylic acids is 1. The van der Waals surface area contributed by atoms with Gasteiger partial charge in [0.1, 0.15) is 0 Å². The van der Waals surface area contributed by atoms with Gasteiger partial charge in [0.05, 0.1) is 0 Å². The third-order valence-electron chi connectivity index (χ3n) is 7.31. The van der Waals surface area contributed by atoms with Crippen molar-refractivity contribution in [3.63, 3.8) is 0 Å². The Morgan fingerprint density at radius 1 is 0.806 bits per heavy atom. The van der Waals surface area contributed by atoms with Gasteiger partial charge < -0.3 is 0 Å². The van der Waals surface area contributed by atoms with Crippen LogP contribution >= 0.6 is 0 Å². The van der Waals surface area contributed by atoms with Crippen molar-refractivity contribution in [1.82, 2.24) is 4.48 Å². The van der Waals surface area contributed by atoms with Crippen LogP contribution in [-0.4, -0.2) is 59.5 Å². The van der Waals surface area contributed by atoms with E-state index in [0.717, 1.165) is 0 Å². The summed E-state index contributed by atoms with van der Waals surface area (Å²) in [6.45, 7) is 7.18. The fourth-order valence-corrected chi connectivity index (χ4v) is 23.5. The van der Waals surface area contributed by atoms with Crippen molar-refractivity contribution >= 4 is 42.3 Å². The number of anilines is 1. The third-order valence-corrected chi connectivity index (χ3v) is 26.9. The van der Waals surface area contributed by atoms with E-state index in [1.807, 2.05) is 0 Å². The van der Waals surface area contributed by atoms with Crippen molar-refractivity contribution in [3.05, 3.63) is 48.5 Å². The monoisotopic (exact) mass is 791 g/mol. The van der Waals surface area contributed by atoms with Gasteiger partial charge in [-0.05, 0) is 0 Å². The summed E-state index contributed by atoms with van der Waals surface area (Å²) in [6, 6.07) is 18.1. The Morgan fingerprint density at radius 2 is 1.25 bits per heavy atom. The van der Waals surface area contributed by atoms with Crippen molar-refractivity contribution in [2.45, 2.75) is 72.6 Å². The van der Waals surface area contributed by atoms with Gasteiger partial charge in [0, 0.05) is 0 Å². The Bertz CT molecular complexity index is 892. The van der Waals surface area contributed by atoms with E-state index in [9.17, 15) is 4.79 Å². The first-order valence-electron chi connectivity index (χ1n) is 14.1. The maximum absolute atomic E-state index is 13.3. The Balaban J connectivity index is 2.07. The molecule has 0 atom stereocenters. The van der Waals surface area contributed by atoms with E-state index in [-0.39, 0.29) is 5.97 Å². The Morgan fingerprint density at radius 3 is 1.67 bits per heavy atom. The van der Waals surface area contributed by atoms with E-state index in [1.165, 1.54) is 69.4 Å². The normalized spacial score (nSPS) is 11.8. The van der Waals surface area contributed by atoms with E-state index in [0.29, 0.717) is 11.0 Å².